The molecule has 0 aliphatic rings. The highest BCUT2D eigenvalue weighted by molar-refractivity contribution is 5.95. The molecular weight excluding hydrogens is 300 g/mol. The van der Waals surface area contributed by atoms with E-state index in [1.54, 1.807) is 0 Å². The van der Waals surface area contributed by atoms with Gasteiger partial charge in [0.15, 0.2) is 0 Å². The van der Waals surface area contributed by atoms with Crippen molar-refractivity contribution < 1.29 is 14.3 Å². The molecule has 0 spiro atoms. The Hall–Kier alpha value is -0.860. The summed E-state index contributed by atoms with van der Waals surface area (Å²) in [6, 6.07) is 0. The van der Waals surface area contributed by atoms with Crippen LogP contribution in [-0.2, 0) is 14.3 Å². The summed E-state index contributed by atoms with van der Waals surface area (Å²) in [6.45, 7) is 4.90. The molecule has 0 amide bonds. The molecule has 3 heteroatoms. The van der Waals surface area contributed by atoms with Gasteiger partial charge in [-0.3, -0.25) is 9.59 Å². The zero-order chi connectivity index (χ0) is 17.9. The predicted octanol–water partition coefficient (Wildman–Crippen LogP) is 6.38. The minimum atomic E-state index is -0.340. The molecule has 0 aromatic carbocycles. The molecule has 0 bridgehead atoms. The van der Waals surface area contributed by atoms with Crippen molar-refractivity contribution in [3.63, 3.8) is 0 Å². The highest BCUT2D eigenvalue weighted by atomic mass is 16.5. The molecule has 0 unspecified atom stereocenters. The van der Waals surface area contributed by atoms with Gasteiger partial charge in [-0.05, 0) is 12.8 Å². The third-order valence-corrected chi connectivity index (χ3v) is 4.41. The molecule has 0 N–H and O–H groups in total. The van der Waals surface area contributed by atoms with Crippen LogP contribution in [0.5, 0.6) is 0 Å². The summed E-state index contributed by atoms with van der Waals surface area (Å²) in [5.41, 5.74) is 0. The number of rotatable bonds is 18. The maximum atomic E-state index is 11.7. The monoisotopic (exact) mass is 340 g/mol. The smallest absolute Gasteiger partial charge is 0.313 e. The fourth-order valence-corrected chi connectivity index (χ4v) is 2.82. The van der Waals surface area contributed by atoms with Crippen LogP contribution >= 0.6 is 0 Å². The average Bonchev–Trinajstić information content (AvgIpc) is 2.56. The molecule has 0 aliphatic heterocycles. The molecule has 142 valence electrons. The van der Waals surface area contributed by atoms with E-state index in [2.05, 4.69) is 13.8 Å². The number of hydrogen-bond acceptors (Lipinski definition) is 3. The van der Waals surface area contributed by atoms with Crippen LogP contribution in [0.4, 0.5) is 0 Å². The minimum absolute atomic E-state index is 0.0354. The van der Waals surface area contributed by atoms with Gasteiger partial charge in [0, 0.05) is 6.42 Å². The Bertz CT molecular complexity index is 299. The molecule has 24 heavy (non-hydrogen) atoms. The van der Waals surface area contributed by atoms with Gasteiger partial charge in [0.25, 0.3) is 0 Å². The first-order chi connectivity index (χ1) is 11.7. The second-order valence-electron chi connectivity index (χ2n) is 6.93. The maximum Gasteiger partial charge on any atom is 0.313 e. The Morgan fingerprint density at radius 2 is 1.08 bits per heavy atom. The van der Waals surface area contributed by atoms with Gasteiger partial charge in [-0.25, -0.2) is 0 Å². The van der Waals surface area contributed by atoms with Gasteiger partial charge < -0.3 is 4.74 Å². The quantitative estimate of drug-likeness (QED) is 0.165. The molecule has 0 saturated heterocycles. The molecule has 0 saturated carbocycles. The van der Waals surface area contributed by atoms with Crippen LogP contribution in [0.1, 0.15) is 117 Å². The number of unbranched alkanes of at least 4 members (excludes halogenated alkanes) is 12. The largest absolute Gasteiger partial charge is 0.465 e. The van der Waals surface area contributed by atoms with Crippen molar-refractivity contribution in [1.29, 1.82) is 0 Å². The number of ether oxygens (including phenoxy) is 1. The first-order valence-electron chi connectivity index (χ1n) is 10.4. The Kier molecular flexibility index (Phi) is 17.8. The minimum Gasteiger partial charge on any atom is -0.465 e. The summed E-state index contributed by atoms with van der Waals surface area (Å²) in [5, 5.41) is 0. The van der Waals surface area contributed by atoms with E-state index in [0.717, 1.165) is 25.7 Å². The summed E-state index contributed by atoms with van der Waals surface area (Å²) in [6.07, 6.45) is 17.3. The molecule has 0 heterocycles. The highest BCUT2D eigenvalue weighted by Gasteiger charge is 2.10. The van der Waals surface area contributed by atoms with Crippen molar-refractivity contribution >= 4 is 11.8 Å². The molecule has 0 fully saturated rings. The van der Waals surface area contributed by atoms with Crippen molar-refractivity contribution in [3.8, 4) is 0 Å². The van der Waals surface area contributed by atoms with Gasteiger partial charge in [-0.15, -0.1) is 0 Å². The molecule has 0 aromatic rings. The van der Waals surface area contributed by atoms with E-state index in [4.69, 9.17) is 4.74 Å². The lowest BCUT2D eigenvalue weighted by Gasteiger charge is -2.05. The van der Waals surface area contributed by atoms with E-state index in [1.807, 2.05) is 0 Å². The first kappa shape index (κ1) is 23.1. The Morgan fingerprint density at radius 1 is 0.625 bits per heavy atom. The van der Waals surface area contributed by atoms with Crippen molar-refractivity contribution in [2.24, 2.45) is 0 Å². The van der Waals surface area contributed by atoms with Crippen molar-refractivity contribution in [1.82, 2.24) is 0 Å². The van der Waals surface area contributed by atoms with Crippen LogP contribution in [0.2, 0.25) is 0 Å². The fourth-order valence-electron chi connectivity index (χ4n) is 2.82. The third-order valence-electron chi connectivity index (χ3n) is 4.41. The van der Waals surface area contributed by atoms with Crippen LogP contribution in [-0.4, -0.2) is 18.4 Å². The maximum absolute atomic E-state index is 11.7. The number of carbonyl (C=O) groups excluding carboxylic acids is 2. The number of hydrogen-bond donors (Lipinski definition) is 0. The molecule has 3 nitrogen and oxygen atoms in total. The second-order valence-corrected chi connectivity index (χ2v) is 6.93. The van der Waals surface area contributed by atoms with E-state index < -0.39 is 0 Å². The van der Waals surface area contributed by atoms with Crippen LogP contribution in [0, 0.1) is 0 Å². The van der Waals surface area contributed by atoms with Crippen molar-refractivity contribution in [2.45, 2.75) is 117 Å². The van der Waals surface area contributed by atoms with Crippen molar-refractivity contribution in [2.75, 3.05) is 6.61 Å². The summed E-state index contributed by atoms with van der Waals surface area (Å²) in [7, 11) is 0. The van der Waals surface area contributed by atoms with E-state index in [1.165, 1.54) is 64.2 Å². The average molecular weight is 341 g/mol. The summed E-state index contributed by atoms with van der Waals surface area (Å²) < 4.78 is 5.14. The fraction of sp³-hybridized carbons (Fsp3) is 0.905. The zero-order valence-electron chi connectivity index (χ0n) is 16.2. The highest BCUT2D eigenvalue weighted by Crippen LogP contribution is 2.10. The Balaban J connectivity index is 3.35. The van der Waals surface area contributed by atoms with Crippen LogP contribution in [0.15, 0.2) is 0 Å². The van der Waals surface area contributed by atoms with Crippen LogP contribution in [0.3, 0.4) is 0 Å². The van der Waals surface area contributed by atoms with Gasteiger partial charge in [0.2, 0.25) is 0 Å². The SMILES string of the molecule is CCCCCCCCCCC(=O)CC(=O)OCCCCCCCC. The van der Waals surface area contributed by atoms with Gasteiger partial charge in [0.05, 0.1) is 6.61 Å². The number of Topliss-reactive ketones (excluding diaryl/α,β-unsaturated/α-hetero) is 1. The van der Waals surface area contributed by atoms with E-state index in [9.17, 15) is 9.59 Å². The van der Waals surface area contributed by atoms with Crippen LogP contribution in [0.25, 0.3) is 0 Å². The summed E-state index contributed by atoms with van der Waals surface area (Å²) in [4.78, 5) is 23.3. The molecule has 0 rings (SSSR count). The normalized spacial score (nSPS) is 10.8. The molecular formula is C21H40O3. The van der Waals surface area contributed by atoms with Gasteiger partial charge >= 0.3 is 5.97 Å². The molecule has 0 aliphatic carbocycles. The summed E-state index contributed by atoms with van der Waals surface area (Å²) >= 11 is 0. The second kappa shape index (κ2) is 18.5. The van der Waals surface area contributed by atoms with E-state index >= 15 is 0 Å². The van der Waals surface area contributed by atoms with E-state index in [-0.39, 0.29) is 18.2 Å². The Morgan fingerprint density at radius 3 is 1.62 bits per heavy atom. The number of ketones is 1. The van der Waals surface area contributed by atoms with Gasteiger partial charge in [0.1, 0.15) is 12.2 Å². The van der Waals surface area contributed by atoms with Crippen molar-refractivity contribution in [3.05, 3.63) is 0 Å². The number of carbonyl (C=O) groups is 2. The van der Waals surface area contributed by atoms with E-state index in [0.29, 0.717) is 13.0 Å². The van der Waals surface area contributed by atoms with Crippen LogP contribution < -0.4 is 0 Å². The lowest BCUT2D eigenvalue weighted by atomic mass is 10.1. The van der Waals surface area contributed by atoms with Gasteiger partial charge in [-0.2, -0.15) is 0 Å². The Labute approximate surface area is 149 Å². The lowest BCUT2D eigenvalue weighted by molar-refractivity contribution is -0.146. The standard InChI is InChI=1S/C21H40O3/c1-3-5-7-9-11-12-13-15-17-20(22)19-21(23)24-18-16-14-10-8-6-4-2/h3-19H2,1-2H3. The predicted molar refractivity (Wildman–Crippen MR) is 101 cm³/mol. The molecule has 0 aromatic heterocycles. The number of esters is 1. The zero-order valence-corrected chi connectivity index (χ0v) is 16.2. The molecule has 0 radical (unpaired) electrons. The molecule has 0 atom stereocenters. The first-order valence-corrected chi connectivity index (χ1v) is 10.4. The summed E-state index contributed by atoms with van der Waals surface area (Å²) in [5.74, 6) is -0.304. The topological polar surface area (TPSA) is 43.4 Å². The van der Waals surface area contributed by atoms with Gasteiger partial charge in [-0.1, -0.05) is 90.9 Å². The third kappa shape index (κ3) is 17.5. The lowest BCUT2D eigenvalue weighted by Crippen LogP contribution is -2.12.